The summed E-state index contributed by atoms with van der Waals surface area (Å²) in [6.45, 7) is 4.70. The molecule has 1 unspecified atom stereocenters. The molecule has 2 bridgehead atoms. The Kier molecular flexibility index (Phi) is 17.5. The van der Waals surface area contributed by atoms with E-state index >= 15 is 4.79 Å². The molecule has 5 aliphatic rings. The molecule has 13 atom stereocenters. The van der Waals surface area contributed by atoms with Gasteiger partial charge in [-0.3, -0.25) is 29.1 Å². The summed E-state index contributed by atoms with van der Waals surface area (Å²) in [4.78, 5) is 71.4. The molecule has 0 radical (unpaired) electrons. The van der Waals surface area contributed by atoms with Crippen LogP contribution < -0.4 is 21.7 Å². The number of carbonyl (C=O) groups excluding carboxylic acids is 5. The van der Waals surface area contributed by atoms with Crippen molar-refractivity contribution in [2.45, 2.75) is 151 Å². The van der Waals surface area contributed by atoms with Crippen LogP contribution in [0.3, 0.4) is 0 Å². The van der Waals surface area contributed by atoms with Crippen molar-refractivity contribution in [2.75, 3.05) is 40.0 Å². The number of likely N-dealkylation sites (tertiary alicyclic amines) is 1. The summed E-state index contributed by atoms with van der Waals surface area (Å²) in [5.74, 6) is -3.77. The third-order valence-electron chi connectivity index (χ3n) is 12.2. The number of amides is 4. The van der Waals surface area contributed by atoms with E-state index in [9.17, 15) is 48.0 Å². The number of esters is 1. The zero-order valence-electron chi connectivity index (χ0n) is 36.7. The minimum Gasteiger partial charge on any atom is -0.463 e. The topological polar surface area (TPSA) is 368 Å². The Labute approximate surface area is 376 Å². The summed E-state index contributed by atoms with van der Waals surface area (Å²) in [6, 6.07) is -5.99. The Hall–Kier alpha value is -4.25. The molecule has 25 nitrogen and oxygen atoms in total. The Morgan fingerprint density at radius 1 is 1.12 bits per heavy atom. The van der Waals surface area contributed by atoms with E-state index in [2.05, 4.69) is 20.1 Å². The molecule has 4 heterocycles. The lowest BCUT2D eigenvalue weighted by Gasteiger charge is -2.58. The number of fused-ring (bicyclic) bond motifs is 1. The first kappa shape index (κ1) is 51.7. The molecular weight excluding hydrogens is 887 g/mol. The molecule has 3 saturated heterocycles. The fourth-order valence-electron chi connectivity index (χ4n) is 8.96. The van der Waals surface area contributed by atoms with Gasteiger partial charge in [-0.2, -0.15) is 8.42 Å². The number of aliphatic hydroxyl groups excluding tert-OH is 4. The van der Waals surface area contributed by atoms with Crippen LogP contribution in [0.1, 0.15) is 72.1 Å². The average molecular weight is 950 g/mol. The van der Waals surface area contributed by atoms with Crippen LogP contribution in [0.15, 0.2) is 11.6 Å². The Morgan fingerprint density at radius 3 is 2.48 bits per heavy atom. The molecule has 5 rings (SSSR count). The number of alkyl carbamates (subject to hydrolysis) is 1. The minimum absolute atomic E-state index is 0.0260. The maximum Gasteiger partial charge on any atom is 0.408 e. The van der Waals surface area contributed by atoms with Crippen LogP contribution in [-0.2, 0) is 57.4 Å². The monoisotopic (exact) mass is 949 g/mol. The van der Waals surface area contributed by atoms with Crippen molar-refractivity contribution in [3.8, 4) is 0 Å². The van der Waals surface area contributed by atoms with Crippen molar-refractivity contribution in [3.63, 3.8) is 0 Å². The second-order valence-corrected chi connectivity index (χ2v) is 18.4. The normalized spacial score (nSPS) is 31.8. The number of hydrogen-bond donors (Lipinski definition) is 10. The summed E-state index contributed by atoms with van der Waals surface area (Å²) < 4.78 is 64.2. The summed E-state index contributed by atoms with van der Waals surface area (Å²) in [5, 5.41) is 60.4. The highest BCUT2D eigenvalue weighted by molar-refractivity contribution is 7.80. The predicted molar refractivity (Wildman–Crippen MR) is 221 cm³/mol. The first-order valence-corrected chi connectivity index (χ1v) is 23.0. The van der Waals surface area contributed by atoms with Crippen LogP contribution in [0.4, 0.5) is 4.79 Å². The van der Waals surface area contributed by atoms with E-state index in [0.717, 1.165) is 30.4 Å². The summed E-state index contributed by atoms with van der Waals surface area (Å²) in [5.41, 5.74) is 4.52. The average Bonchev–Trinajstić information content (AvgIpc) is 3.84. The molecule has 1 spiro atoms. The highest BCUT2D eigenvalue weighted by Gasteiger charge is 2.70. The molecule has 0 aromatic carbocycles. The lowest BCUT2D eigenvalue weighted by atomic mass is 9.66. The third kappa shape index (κ3) is 12.4. The predicted octanol–water partition coefficient (Wildman–Crippen LogP) is -3.11. The van der Waals surface area contributed by atoms with Crippen LogP contribution in [0.5, 0.6) is 0 Å². The number of rotatable bonds is 21. The molecular formula is C39H63N7O18S. The van der Waals surface area contributed by atoms with Gasteiger partial charge in [-0.05, 0) is 31.6 Å². The van der Waals surface area contributed by atoms with Gasteiger partial charge < -0.3 is 75.6 Å². The van der Waals surface area contributed by atoms with Gasteiger partial charge in [-0.1, -0.05) is 45.3 Å². The molecule has 65 heavy (non-hydrogen) atoms. The Bertz CT molecular complexity index is 1890. The standard InChI is InChI=1S/C39H63N7O18S/c1-5-6-7-8-26(47)60-17-24-28(48)29(49)30(50)36(63-24)62-21-14-23-32(51)39(15-21)31(44-38(55)64-39)27(34(53)42-11-9-20-10-12-45(16-20)37(40)41)46(23)35(54)22(13-19(2)3)43-33(52)25(59-4)18-61-65(56,57)58/h10,19,21-25,27-32,36,48-51H,5-9,11-18H2,1-4H3,(H3,40,41)(H,42,53)(H,43,52)(H,44,55)(H,56,57,58)/t21-,22-,23-,24-,25?,27-,28-,29+,30-,31+,32-,36+,39+/m1/s1. The summed E-state index contributed by atoms with van der Waals surface area (Å²) >= 11 is 0. The fourth-order valence-corrected chi connectivity index (χ4v) is 9.26. The second-order valence-electron chi connectivity index (χ2n) is 17.3. The van der Waals surface area contributed by atoms with Crippen molar-refractivity contribution in [3.05, 3.63) is 11.6 Å². The van der Waals surface area contributed by atoms with Crippen molar-refractivity contribution in [1.82, 2.24) is 25.8 Å². The molecule has 4 amide bonds. The van der Waals surface area contributed by atoms with Gasteiger partial charge in [0.15, 0.2) is 24.0 Å². The van der Waals surface area contributed by atoms with Gasteiger partial charge in [0.2, 0.25) is 11.8 Å². The maximum atomic E-state index is 15.1. The van der Waals surface area contributed by atoms with Gasteiger partial charge in [-0.15, -0.1) is 0 Å². The third-order valence-corrected chi connectivity index (χ3v) is 12.7. The molecule has 368 valence electrons. The Morgan fingerprint density at radius 2 is 1.85 bits per heavy atom. The van der Waals surface area contributed by atoms with Gasteiger partial charge in [0.05, 0.1) is 12.1 Å². The first-order chi connectivity index (χ1) is 30.6. The Balaban J connectivity index is 1.46. The second kappa shape index (κ2) is 22.0. The molecule has 4 aliphatic heterocycles. The number of aliphatic hydroxyl groups is 4. The van der Waals surface area contributed by atoms with Gasteiger partial charge in [0.1, 0.15) is 61.9 Å². The first-order valence-electron chi connectivity index (χ1n) is 21.6. The zero-order valence-corrected chi connectivity index (χ0v) is 37.5. The van der Waals surface area contributed by atoms with E-state index in [1.165, 1.54) is 0 Å². The van der Waals surface area contributed by atoms with Gasteiger partial charge in [-0.25, -0.2) is 8.98 Å². The van der Waals surface area contributed by atoms with Crippen molar-refractivity contribution < 1.29 is 85.2 Å². The van der Waals surface area contributed by atoms with E-state index in [-0.39, 0.29) is 44.1 Å². The lowest BCUT2D eigenvalue weighted by molar-refractivity contribution is -0.322. The number of unbranched alkanes of at least 4 members (excludes halogenated alkanes) is 2. The molecule has 0 aromatic rings. The number of carbonyl (C=O) groups is 5. The van der Waals surface area contributed by atoms with E-state index in [4.69, 9.17) is 39.4 Å². The van der Waals surface area contributed by atoms with Crippen LogP contribution in [0.25, 0.3) is 0 Å². The molecule has 1 aliphatic carbocycles. The largest absolute Gasteiger partial charge is 0.463 e. The quantitative estimate of drug-likeness (QED) is 0.0136. The van der Waals surface area contributed by atoms with E-state index < -0.39 is 132 Å². The van der Waals surface area contributed by atoms with E-state index in [1.54, 1.807) is 18.7 Å². The van der Waals surface area contributed by atoms with Gasteiger partial charge in [0, 0.05) is 39.6 Å². The number of nitrogens with zero attached hydrogens (tertiary/aromatic N) is 2. The number of guanidine groups is 1. The number of piperidine rings is 1. The van der Waals surface area contributed by atoms with Crippen LogP contribution in [0.2, 0.25) is 0 Å². The smallest absolute Gasteiger partial charge is 0.408 e. The van der Waals surface area contributed by atoms with Crippen molar-refractivity contribution >= 4 is 46.1 Å². The fraction of sp³-hybridized carbons (Fsp3) is 0.795. The molecule has 0 aromatic heterocycles. The highest BCUT2D eigenvalue weighted by atomic mass is 32.3. The lowest BCUT2D eigenvalue weighted by Crippen LogP contribution is -2.80. The number of nitrogens with two attached hydrogens (primary N) is 1. The summed E-state index contributed by atoms with van der Waals surface area (Å²) in [7, 11) is -3.95. The van der Waals surface area contributed by atoms with Crippen molar-refractivity contribution in [2.24, 2.45) is 11.7 Å². The number of ether oxygens (including phenoxy) is 5. The molecule has 11 N–H and O–H groups in total. The maximum absolute atomic E-state index is 15.1. The SMILES string of the molecule is CCCCCC(=O)OC[C@H]1O[C@H](O[C@@H]2C[C@@H]3[C@@H](O)[C@@]4(C2)OC(=O)N[C@H]4[C@H](C(=O)NCCC2=CCN(C(=N)N)C2)N3C(=O)[C@@H](CC(C)C)NC(=O)C(COS(=O)(=O)O)OC)[C@H](O)[C@@H](O)[C@@H]1O. The van der Waals surface area contributed by atoms with E-state index in [0.29, 0.717) is 25.9 Å². The van der Waals surface area contributed by atoms with Crippen LogP contribution in [-0.4, -0.2) is 198 Å². The number of methoxy groups -OCH3 is 1. The van der Waals surface area contributed by atoms with Crippen LogP contribution in [0, 0.1) is 11.3 Å². The van der Waals surface area contributed by atoms with E-state index in [1.807, 2.05) is 13.0 Å². The number of hydrogen-bond acceptors (Lipinski definition) is 18. The van der Waals surface area contributed by atoms with Crippen molar-refractivity contribution in [1.29, 1.82) is 5.41 Å². The number of nitrogens with one attached hydrogen (secondary N) is 4. The zero-order chi connectivity index (χ0) is 48.0. The highest BCUT2D eigenvalue weighted by Crippen LogP contribution is 2.48. The van der Waals surface area contributed by atoms with Gasteiger partial charge >= 0.3 is 22.5 Å². The summed E-state index contributed by atoms with van der Waals surface area (Å²) in [6.07, 6.45) is -10.3. The molecule has 26 heteroatoms. The minimum atomic E-state index is -5.01. The van der Waals surface area contributed by atoms with Gasteiger partial charge in [0.25, 0.3) is 5.91 Å². The molecule has 4 fully saturated rings. The van der Waals surface area contributed by atoms with Crippen LogP contribution >= 0.6 is 0 Å². The molecule has 1 saturated carbocycles.